The van der Waals surface area contributed by atoms with Crippen LogP contribution in [-0.2, 0) is 4.79 Å². The van der Waals surface area contributed by atoms with Gasteiger partial charge in [-0.15, -0.1) is 0 Å². The zero-order valence-electron chi connectivity index (χ0n) is 12.5. The number of pyridine rings is 1. The molecule has 2 fully saturated rings. The Bertz CT molecular complexity index is 476. The molecule has 1 aromatic rings. The van der Waals surface area contributed by atoms with Crippen molar-refractivity contribution in [2.75, 3.05) is 25.1 Å². The number of carbonyl (C=O) groups excluding carboxylic acids is 1. The van der Waals surface area contributed by atoms with Crippen molar-refractivity contribution in [1.82, 2.24) is 15.2 Å². The molecule has 3 heterocycles. The van der Waals surface area contributed by atoms with Gasteiger partial charge < -0.3 is 10.2 Å². The summed E-state index contributed by atoms with van der Waals surface area (Å²) in [6, 6.07) is 4.82. The molecular formula is C16H23N3OS. The van der Waals surface area contributed by atoms with E-state index in [4.69, 9.17) is 0 Å². The fourth-order valence-electron chi connectivity index (χ4n) is 3.40. The van der Waals surface area contributed by atoms with Gasteiger partial charge in [-0.25, -0.2) is 0 Å². The molecule has 5 heteroatoms. The highest BCUT2D eigenvalue weighted by Gasteiger charge is 2.38. The largest absolute Gasteiger partial charge is 0.338 e. The Hall–Kier alpha value is -1.07. The molecule has 4 nitrogen and oxygen atoms in total. The lowest BCUT2D eigenvalue weighted by atomic mass is 9.94. The standard InChI is InChI=1S/C16H23N3OS/c1-19-15(20)9-13(11-18-14-4-7-21-8-5-14)16(19)12-3-2-6-17-10-12/h2-3,6,10,13-14,16,18H,4-5,7-9,11H2,1H3/t13-,16-/m0/s1. The maximum Gasteiger partial charge on any atom is 0.223 e. The number of hydrogen-bond acceptors (Lipinski definition) is 4. The van der Waals surface area contributed by atoms with Crippen LogP contribution in [0.3, 0.4) is 0 Å². The fraction of sp³-hybridized carbons (Fsp3) is 0.625. The first kappa shape index (κ1) is 14.9. The second-order valence-electron chi connectivity index (χ2n) is 5.99. The average molecular weight is 305 g/mol. The number of aromatic nitrogens is 1. The number of carbonyl (C=O) groups is 1. The van der Waals surface area contributed by atoms with Crippen LogP contribution in [0.5, 0.6) is 0 Å². The molecule has 3 rings (SSSR count). The first-order valence-electron chi connectivity index (χ1n) is 7.72. The number of amides is 1. The van der Waals surface area contributed by atoms with Crippen LogP contribution in [0.1, 0.15) is 30.9 Å². The third-order valence-corrected chi connectivity index (χ3v) is 5.66. The zero-order chi connectivity index (χ0) is 14.7. The number of nitrogens with zero attached hydrogens (tertiary/aromatic N) is 2. The SMILES string of the molecule is CN1C(=O)C[C@@H](CNC2CCSCC2)[C@@H]1c1cccnc1. The van der Waals surface area contributed by atoms with Gasteiger partial charge in [0.05, 0.1) is 6.04 Å². The normalized spacial score (nSPS) is 27.3. The molecule has 2 aliphatic heterocycles. The molecule has 0 aromatic carbocycles. The quantitative estimate of drug-likeness (QED) is 0.925. The Balaban J connectivity index is 1.66. The highest BCUT2D eigenvalue weighted by atomic mass is 32.2. The molecule has 2 saturated heterocycles. The third kappa shape index (κ3) is 3.40. The number of nitrogens with one attached hydrogen (secondary N) is 1. The molecule has 0 bridgehead atoms. The van der Waals surface area contributed by atoms with E-state index < -0.39 is 0 Å². The van der Waals surface area contributed by atoms with Gasteiger partial charge in [-0.05, 0) is 36.0 Å². The Labute approximate surface area is 130 Å². The Morgan fingerprint density at radius 2 is 2.24 bits per heavy atom. The first-order chi connectivity index (χ1) is 10.3. The van der Waals surface area contributed by atoms with E-state index in [0.717, 1.165) is 12.1 Å². The summed E-state index contributed by atoms with van der Waals surface area (Å²) in [5, 5.41) is 3.69. The molecule has 1 N–H and O–H groups in total. The topological polar surface area (TPSA) is 45.2 Å². The maximum atomic E-state index is 12.1. The van der Waals surface area contributed by atoms with Gasteiger partial charge in [-0.1, -0.05) is 6.07 Å². The van der Waals surface area contributed by atoms with Crippen molar-refractivity contribution in [3.8, 4) is 0 Å². The molecule has 0 radical (unpaired) electrons. The van der Waals surface area contributed by atoms with Crippen LogP contribution in [0.4, 0.5) is 0 Å². The van der Waals surface area contributed by atoms with E-state index >= 15 is 0 Å². The van der Waals surface area contributed by atoms with E-state index in [0.29, 0.717) is 18.4 Å². The van der Waals surface area contributed by atoms with Crippen LogP contribution in [-0.4, -0.2) is 46.9 Å². The smallest absolute Gasteiger partial charge is 0.223 e. The molecule has 21 heavy (non-hydrogen) atoms. The molecule has 0 spiro atoms. The third-order valence-electron chi connectivity index (χ3n) is 4.61. The summed E-state index contributed by atoms with van der Waals surface area (Å²) < 4.78 is 0. The minimum Gasteiger partial charge on any atom is -0.338 e. The first-order valence-corrected chi connectivity index (χ1v) is 8.88. The minimum atomic E-state index is 0.164. The fourth-order valence-corrected chi connectivity index (χ4v) is 4.51. The summed E-state index contributed by atoms with van der Waals surface area (Å²) in [6.07, 6.45) is 6.82. The molecule has 0 unspecified atom stereocenters. The molecule has 2 atom stereocenters. The Morgan fingerprint density at radius 1 is 1.43 bits per heavy atom. The van der Waals surface area contributed by atoms with Crippen LogP contribution in [0.25, 0.3) is 0 Å². The van der Waals surface area contributed by atoms with Crippen molar-refractivity contribution >= 4 is 17.7 Å². The summed E-state index contributed by atoms with van der Waals surface area (Å²) in [7, 11) is 1.91. The highest BCUT2D eigenvalue weighted by Crippen LogP contribution is 2.36. The summed E-state index contributed by atoms with van der Waals surface area (Å²) in [5.74, 6) is 3.11. The monoisotopic (exact) mass is 305 g/mol. The van der Waals surface area contributed by atoms with Crippen molar-refractivity contribution in [1.29, 1.82) is 0 Å². The molecule has 1 aromatic heterocycles. The van der Waals surface area contributed by atoms with Gasteiger partial charge in [0, 0.05) is 44.4 Å². The Morgan fingerprint density at radius 3 is 2.95 bits per heavy atom. The van der Waals surface area contributed by atoms with Gasteiger partial charge in [0.25, 0.3) is 0 Å². The van der Waals surface area contributed by atoms with Crippen molar-refractivity contribution < 1.29 is 4.79 Å². The predicted octanol–water partition coefficient (Wildman–Crippen LogP) is 2.09. The maximum absolute atomic E-state index is 12.1. The lowest BCUT2D eigenvalue weighted by Gasteiger charge is -2.28. The van der Waals surface area contributed by atoms with Crippen molar-refractivity contribution in [3.05, 3.63) is 30.1 Å². The summed E-state index contributed by atoms with van der Waals surface area (Å²) in [6.45, 7) is 0.922. The second-order valence-corrected chi connectivity index (χ2v) is 7.22. The van der Waals surface area contributed by atoms with E-state index in [-0.39, 0.29) is 11.9 Å². The van der Waals surface area contributed by atoms with Gasteiger partial charge in [-0.3, -0.25) is 9.78 Å². The number of thioether (sulfide) groups is 1. The van der Waals surface area contributed by atoms with Gasteiger partial charge >= 0.3 is 0 Å². The summed E-state index contributed by atoms with van der Waals surface area (Å²) >= 11 is 2.04. The lowest BCUT2D eigenvalue weighted by molar-refractivity contribution is -0.127. The van der Waals surface area contributed by atoms with Gasteiger partial charge in [0.1, 0.15) is 0 Å². The molecule has 1 amide bonds. The number of hydrogen-bond donors (Lipinski definition) is 1. The van der Waals surface area contributed by atoms with Gasteiger partial charge in [0.15, 0.2) is 0 Å². The van der Waals surface area contributed by atoms with Crippen LogP contribution < -0.4 is 5.32 Å². The average Bonchev–Trinajstić information content (AvgIpc) is 2.82. The van der Waals surface area contributed by atoms with E-state index in [9.17, 15) is 4.79 Å². The van der Waals surface area contributed by atoms with Crippen LogP contribution in [0, 0.1) is 5.92 Å². The predicted molar refractivity (Wildman–Crippen MR) is 86.2 cm³/mol. The van der Waals surface area contributed by atoms with E-state index in [2.05, 4.69) is 16.4 Å². The minimum absolute atomic E-state index is 0.164. The van der Waals surface area contributed by atoms with Crippen molar-refractivity contribution in [2.24, 2.45) is 5.92 Å². The molecule has 0 aliphatic carbocycles. The molecule has 114 valence electrons. The van der Waals surface area contributed by atoms with Crippen molar-refractivity contribution in [2.45, 2.75) is 31.3 Å². The van der Waals surface area contributed by atoms with Crippen LogP contribution in [0.15, 0.2) is 24.5 Å². The molecule has 2 aliphatic rings. The second kappa shape index (κ2) is 6.79. The summed E-state index contributed by atoms with van der Waals surface area (Å²) in [5.41, 5.74) is 1.15. The van der Waals surface area contributed by atoms with Crippen LogP contribution in [0.2, 0.25) is 0 Å². The van der Waals surface area contributed by atoms with E-state index in [1.807, 2.05) is 36.0 Å². The van der Waals surface area contributed by atoms with Gasteiger partial charge in [-0.2, -0.15) is 11.8 Å². The number of likely N-dealkylation sites (tertiary alicyclic amines) is 1. The van der Waals surface area contributed by atoms with Crippen LogP contribution >= 0.6 is 11.8 Å². The lowest BCUT2D eigenvalue weighted by Crippen LogP contribution is -2.37. The van der Waals surface area contributed by atoms with E-state index in [1.54, 1.807) is 6.20 Å². The number of rotatable bonds is 4. The highest BCUT2D eigenvalue weighted by molar-refractivity contribution is 7.99. The molecule has 0 saturated carbocycles. The zero-order valence-corrected chi connectivity index (χ0v) is 13.3. The van der Waals surface area contributed by atoms with Gasteiger partial charge in [0.2, 0.25) is 5.91 Å². The molecular weight excluding hydrogens is 282 g/mol. The summed E-state index contributed by atoms with van der Waals surface area (Å²) in [4.78, 5) is 18.2. The Kier molecular flexibility index (Phi) is 4.80. The van der Waals surface area contributed by atoms with E-state index in [1.165, 1.54) is 24.3 Å². The van der Waals surface area contributed by atoms with Crippen molar-refractivity contribution in [3.63, 3.8) is 0 Å².